The van der Waals surface area contributed by atoms with Crippen LogP contribution in [-0.2, 0) is 11.3 Å². The Morgan fingerprint density at radius 1 is 1.17 bits per heavy atom. The summed E-state index contributed by atoms with van der Waals surface area (Å²) in [5.74, 6) is -0.522. The lowest BCUT2D eigenvalue weighted by molar-refractivity contribution is 0.0187. The SMILES string of the molecule is CC(C)(C)OC(=O)N1CCC(n2cccc2C(=O)NCc2cccc(F)c2)CC1. The van der Waals surface area contributed by atoms with E-state index in [1.165, 1.54) is 12.1 Å². The molecule has 0 unspecified atom stereocenters. The molecule has 6 nitrogen and oxygen atoms in total. The fourth-order valence-electron chi connectivity index (χ4n) is 3.48. The molecule has 1 aromatic heterocycles. The van der Waals surface area contributed by atoms with E-state index in [-0.39, 0.29) is 30.4 Å². The lowest BCUT2D eigenvalue weighted by atomic mass is 10.0. The Morgan fingerprint density at radius 3 is 2.55 bits per heavy atom. The van der Waals surface area contributed by atoms with E-state index in [0.717, 1.165) is 12.8 Å². The van der Waals surface area contributed by atoms with E-state index < -0.39 is 5.60 Å². The van der Waals surface area contributed by atoms with Crippen LogP contribution in [-0.4, -0.2) is 40.2 Å². The van der Waals surface area contributed by atoms with Crippen molar-refractivity contribution >= 4 is 12.0 Å². The number of halogens is 1. The van der Waals surface area contributed by atoms with Gasteiger partial charge < -0.3 is 19.5 Å². The van der Waals surface area contributed by atoms with E-state index in [9.17, 15) is 14.0 Å². The molecular weight excluding hydrogens is 373 g/mol. The smallest absolute Gasteiger partial charge is 0.410 e. The largest absolute Gasteiger partial charge is 0.444 e. The number of piperidine rings is 1. The van der Waals surface area contributed by atoms with E-state index in [4.69, 9.17) is 4.74 Å². The van der Waals surface area contributed by atoms with Gasteiger partial charge >= 0.3 is 6.09 Å². The Morgan fingerprint density at radius 2 is 1.90 bits per heavy atom. The molecule has 7 heteroatoms. The minimum Gasteiger partial charge on any atom is -0.444 e. The minimum atomic E-state index is -0.513. The average molecular weight is 401 g/mol. The fraction of sp³-hybridized carbons (Fsp3) is 0.455. The molecule has 0 atom stereocenters. The molecule has 0 spiro atoms. The topological polar surface area (TPSA) is 63.6 Å². The number of carbonyl (C=O) groups excluding carboxylic acids is 2. The monoisotopic (exact) mass is 401 g/mol. The van der Waals surface area contributed by atoms with E-state index in [1.54, 1.807) is 23.1 Å². The maximum absolute atomic E-state index is 13.3. The van der Waals surface area contributed by atoms with E-state index in [0.29, 0.717) is 24.3 Å². The van der Waals surface area contributed by atoms with Crippen molar-refractivity contribution in [1.29, 1.82) is 0 Å². The summed E-state index contributed by atoms with van der Waals surface area (Å²) in [5.41, 5.74) is 0.764. The lowest BCUT2D eigenvalue weighted by Gasteiger charge is -2.34. The van der Waals surface area contributed by atoms with E-state index in [2.05, 4.69) is 5.32 Å². The highest BCUT2D eigenvalue weighted by atomic mass is 19.1. The van der Waals surface area contributed by atoms with Crippen LogP contribution in [0.5, 0.6) is 0 Å². The number of ether oxygens (including phenoxy) is 1. The molecule has 2 amide bonds. The maximum atomic E-state index is 13.3. The molecule has 1 saturated heterocycles. The van der Waals surface area contributed by atoms with Crippen molar-refractivity contribution in [3.8, 4) is 0 Å². The predicted octanol–water partition coefficient (Wildman–Crippen LogP) is 4.13. The molecule has 1 aromatic carbocycles. The number of hydrogen-bond acceptors (Lipinski definition) is 3. The minimum absolute atomic E-state index is 0.138. The number of nitrogens with one attached hydrogen (secondary N) is 1. The number of likely N-dealkylation sites (tertiary alicyclic amines) is 1. The van der Waals surface area contributed by atoms with Gasteiger partial charge in [-0.1, -0.05) is 12.1 Å². The molecule has 1 aliphatic rings. The van der Waals surface area contributed by atoms with Crippen molar-refractivity contribution in [1.82, 2.24) is 14.8 Å². The van der Waals surface area contributed by atoms with Gasteiger partial charge in [0.1, 0.15) is 17.1 Å². The fourth-order valence-corrected chi connectivity index (χ4v) is 3.48. The number of hydrogen-bond donors (Lipinski definition) is 1. The van der Waals surface area contributed by atoms with Crippen molar-refractivity contribution in [3.05, 3.63) is 59.7 Å². The van der Waals surface area contributed by atoms with Gasteiger partial charge in [0, 0.05) is 31.9 Å². The van der Waals surface area contributed by atoms with Gasteiger partial charge in [0.25, 0.3) is 5.91 Å². The molecule has 0 bridgehead atoms. The second kappa shape index (κ2) is 8.68. The van der Waals surface area contributed by atoms with Crippen LogP contribution in [0.4, 0.5) is 9.18 Å². The molecule has 0 aliphatic carbocycles. The first-order valence-electron chi connectivity index (χ1n) is 9.90. The zero-order valence-electron chi connectivity index (χ0n) is 17.2. The van der Waals surface area contributed by atoms with Crippen LogP contribution >= 0.6 is 0 Å². The molecule has 29 heavy (non-hydrogen) atoms. The molecule has 0 saturated carbocycles. The van der Waals surface area contributed by atoms with Crippen LogP contribution in [0.2, 0.25) is 0 Å². The van der Waals surface area contributed by atoms with E-state index >= 15 is 0 Å². The Balaban J connectivity index is 1.57. The van der Waals surface area contributed by atoms with Crippen LogP contribution in [0, 0.1) is 5.82 Å². The van der Waals surface area contributed by atoms with Gasteiger partial charge in [0.2, 0.25) is 0 Å². The summed E-state index contributed by atoms with van der Waals surface area (Å²) in [6.07, 6.45) is 3.10. The maximum Gasteiger partial charge on any atom is 0.410 e. The quantitative estimate of drug-likeness (QED) is 0.838. The van der Waals surface area contributed by atoms with Crippen LogP contribution in [0.3, 0.4) is 0 Å². The van der Waals surface area contributed by atoms with Gasteiger partial charge in [-0.3, -0.25) is 4.79 Å². The number of benzene rings is 1. The highest BCUT2D eigenvalue weighted by Gasteiger charge is 2.28. The van der Waals surface area contributed by atoms with Gasteiger partial charge in [-0.05, 0) is 63.4 Å². The Labute approximate surface area is 170 Å². The van der Waals surface area contributed by atoms with Crippen LogP contribution in [0.25, 0.3) is 0 Å². The van der Waals surface area contributed by atoms with Crippen molar-refractivity contribution in [2.75, 3.05) is 13.1 Å². The van der Waals surface area contributed by atoms with Crippen molar-refractivity contribution < 1.29 is 18.7 Å². The molecule has 1 fully saturated rings. The van der Waals surface area contributed by atoms with Crippen molar-refractivity contribution in [2.24, 2.45) is 0 Å². The second-order valence-electron chi connectivity index (χ2n) is 8.31. The molecule has 2 aromatic rings. The first-order chi connectivity index (χ1) is 13.7. The normalized spacial score (nSPS) is 15.2. The second-order valence-corrected chi connectivity index (χ2v) is 8.31. The predicted molar refractivity (Wildman–Crippen MR) is 108 cm³/mol. The Bertz CT molecular complexity index is 864. The molecule has 2 heterocycles. The molecule has 1 N–H and O–H groups in total. The Kier molecular flexibility index (Phi) is 6.25. The van der Waals surface area contributed by atoms with E-state index in [1.807, 2.05) is 37.6 Å². The highest BCUT2D eigenvalue weighted by Crippen LogP contribution is 2.25. The summed E-state index contributed by atoms with van der Waals surface area (Å²) >= 11 is 0. The summed E-state index contributed by atoms with van der Waals surface area (Å²) in [7, 11) is 0. The zero-order valence-corrected chi connectivity index (χ0v) is 17.2. The average Bonchev–Trinajstić information content (AvgIpc) is 3.15. The van der Waals surface area contributed by atoms with Gasteiger partial charge in [-0.25, -0.2) is 9.18 Å². The van der Waals surface area contributed by atoms with Gasteiger partial charge in [-0.2, -0.15) is 0 Å². The third kappa shape index (κ3) is 5.59. The van der Waals surface area contributed by atoms with Gasteiger partial charge in [0.05, 0.1) is 0 Å². The lowest BCUT2D eigenvalue weighted by Crippen LogP contribution is -2.42. The van der Waals surface area contributed by atoms with Crippen LogP contribution in [0.15, 0.2) is 42.6 Å². The van der Waals surface area contributed by atoms with Crippen LogP contribution in [0.1, 0.15) is 55.7 Å². The first kappa shape index (κ1) is 20.9. The number of carbonyl (C=O) groups is 2. The molecular formula is C22H28FN3O3. The Hall–Kier alpha value is -2.83. The number of nitrogens with zero attached hydrogens (tertiary/aromatic N) is 2. The molecule has 1 aliphatic heterocycles. The number of amides is 2. The standard InChI is InChI=1S/C22H28FN3O3/c1-22(2,3)29-21(28)25-12-9-18(10-13-25)26-11-5-8-19(26)20(27)24-15-16-6-4-7-17(23)14-16/h4-8,11,14,18H,9-10,12-13,15H2,1-3H3,(H,24,27). The molecule has 0 radical (unpaired) electrons. The van der Waals surface area contributed by atoms with Gasteiger partial charge in [0.15, 0.2) is 0 Å². The molecule has 3 rings (SSSR count). The summed E-state index contributed by atoms with van der Waals surface area (Å²) in [6.45, 7) is 6.99. The van der Waals surface area contributed by atoms with Crippen molar-refractivity contribution in [2.45, 2.75) is 51.8 Å². The summed E-state index contributed by atoms with van der Waals surface area (Å²) in [5, 5.41) is 2.85. The third-order valence-corrected chi connectivity index (χ3v) is 4.86. The van der Waals surface area contributed by atoms with Crippen LogP contribution < -0.4 is 5.32 Å². The number of aromatic nitrogens is 1. The van der Waals surface area contributed by atoms with Gasteiger partial charge in [-0.15, -0.1) is 0 Å². The summed E-state index contributed by atoms with van der Waals surface area (Å²) in [6, 6.07) is 9.94. The third-order valence-electron chi connectivity index (χ3n) is 4.86. The summed E-state index contributed by atoms with van der Waals surface area (Å²) in [4.78, 5) is 26.6. The first-order valence-corrected chi connectivity index (χ1v) is 9.90. The highest BCUT2D eigenvalue weighted by molar-refractivity contribution is 5.92. The molecule has 156 valence electrons. The van der Waals surface area contributed by atoms with Crippen molar-refractivity contribution in [3.63, 3.8) is 0 Å². The number of rotatable bonds is 4. The summed E-state index contributed by atoms with van der Waals surface area (Å²) < 4.78 is 20.7. The zero-order chi connectivity index (χ0) is 21.0.